The van der Waals surface area contributed by atoms with E-state index in [-0.39, 0.29) is 15.5 Å². The van der Waals surface area contributed by atoms with Gasteiger partial charge in [-0.15, -0.1) is 0 Å². The lowest BCUT2D eigenvalue weighted by Gasteiger charge is -2.16. The van der Waals surface area contributed by atoms with Gasteiger partial charge in [0.25, 0.3) is 5.91 Å². The quantitative estimate of drug-likeness (QED) is 0.601. The summed E-state index contributed by atoms with van der Waals surface area (Å²) in [5.41, 5.74) is 3.09. The minimum atomic E-state index is -3.80. The van der Waals surface area contributed by atoms with Crippen molar-refractivity contribution in [1.82, 2.24) is 9.73 Å². The Morgan fingerprint density at radius 3 is 2.54 bits per heavy atom. The number of carbonyl (C=O) groups is 1. The number of carbonyl (C=O) groups excluding carboxylic acids is 1. The number of aryl methyl sites for hydroxylation is 1. The second-order valence-electron chi connectivity index (χ2n) is 5.50. The predicted octanol–water partition coefficient (Wildman–Crippen LogP) is 2.56. The van der Waals surface area contributed by atoms with Crippen molar-refractivity contribution >= 4 is 33.7 Å². The van der Waals surface area contributed by atoms with Crippen LogP contribution in [0, 0.1) is 12.7 Å². The van der Waals surface area contributed by atoms with E-state index in [4.69, 9.17) is 11.6 Å². The van der Waals surface area contributed by atoms with Gasteiger partial charge < -0.3 is 0 Å². The molecule has 0 unspecified atom stereocenters. The Morgan fingerprint density at radius 2 is 1.92 bits per heavy atom. The summed E-state index contributed by atoms with van der Waals surface area (Å²) in [5.74, 6) is -1.26. The largest absolute Gasteiger partial charge is 0.272 e. The third-order valence-corrected chi connectivity index (χ3v) is 5.63. The van der Waals surface area contributed by atoms with Crippen molar-refractivity contribution in [2.24, 2.45) is 5.10 Å². The Bertz CT molecular complexity index is 911. The molecule has 1 N–H and O–H groups in total. The maximum absolute atomic E-state index is 13.6. The number of nitrogens with zero attached hydrogens (tertiary/aromatic N) is 2. The van der Waals surface area contributed by atoms with Crippen molar-refractivity contribution in [1.29, 1.82) is 0 Å². The van der Waals surface area contributed by atoms with Crippen LogP contribution >= 0.6 is 11.6 Å². The van der Waals surface area contributed by atoms with Gasteiger partial charge >= 0.3 is 0 Å². The Morgan fingerprint density at radius 1 is 1.27 bits per heavy atom. The molecule has 26 heavy (non-hydrogen) atoms. The number of likely N-dealkylation sites (N-methyl/N-ethyl adjacent to an activating group) is 1. The van der Waals surface area contributed by atoms with E-state index in [1.807, 2.05) is 6.92 Å². The second-order valence-corrected chi connectivity index (χ2v) is 7.95. The van der Waals surface area contributed by atoms with Gasteiger partial charge in [-0.25, -0.2) is 18.2 Å². The van der Waals surface area contributed by atoms with Gasteiger partial charge in [0, 0.05) is 12.6 Å². The third-order valence-electron chi connectivity index (χ3n) is 3.48. The zero-order chi connectivity index (χ0) is 19.3. The Hall–Kier alpha value is -2.29. The molecule has 0 spiro atoms. The lowest BCUT2D eigenvalue weighted by molar-refractivity contribution is -0.121. The van der Waals surface area contributed by atoms with Crippen molar-refractivity contribution in [2.75, 3.05) is 13.6 Å². The number of nitrogens with one attached hydrogen (secondary N) is 1. The summed E-state index contributed by atoms with van der Waals surface area (Å²) >= 11 is 5.84. The summed E-state index contributed by atoms with van der Waals surface area (Å²) in [5, 5.41) is 3.75. The molecular formula is C17H17ClFN3O3S. The summed E-state index contributed by atoms with van der Waals surface area (Å²) in [6.07, 6.45) is 1.06. The fraction of sp³-hybridized carbons (Fsp3) is 0.176. The summed E-state index contributed by atoms with van der Waals surface area (Å²) in [4.78, 5) is 12.0. The molecular weight excluding hydrogens is 381 g/mol. The van der Waals surface area contributed by atoms with Gasteiger partial charge in [-0.1, -0.05) is 35.4 Å². The van der Waals surface area contributed by atoms with E-state index in [1.165, 1.54) is 37.4 Å². The van der Waals surface area contributed by atoms with Crippen LogP contribution < -0.4 is 5.43 Å². The molecule has 0 heterocycles. The summed E-state index contributed by atoms with van der Waals surface area (Å²) in [6, 6.07) is 10.4. The fourth-order valence-corrected chi connectivity index (χ4v) is 3.35. The van der Waals surface area contributed by atoms with E-state index in [2.05, 4.69) is 10.5 Å². The monoisotopic (exact) mass is 397 g/mol. The molecule has 138 valence electrons. The first-order chi connectivity index (χ1) is 12.2. The third kappa shape index (κ3) is 4.87. The highest BCUT2D eigenvalue weighted by molar-refractivity contribution is 7.89. The van der Waals surface area contributed by atoms with Crippen LogP contribution in [0.2, 0.25) is 5.02 Å². The first-order valence-corrected chi connectivity index (χ1v) is 9.32. The molecule has 9 heteroatoms. The molecule has 1 amide bonds. The van der Waals surface area contributed by atoms with E-state index in [9.17, 15) is 17.6 Å². The first-order valence-electron chi connectivity index (χ1n) is 7.50. The average molecular weight is 398 g/mol. The van der Waals surface area contributed by atoms with Crippen LogP contribution in [0.25, 0.3) is 0 Å². The number of benzene rings is 2. The molecule has 0 saturated heterocycles. The van der Waals surface area contributed by atoms with Crippen LogP contribution in [0.1, 0.15) is 11.1 Å². The Balaban J connectivity index is 2.01. The molecule has 0 bridgehead atoms. The summed E-state index contributed by atoms with van der Waals surface area (Å²) in [6.45, 7) is 1.39. The number of sulfonamides is 1. The molecule has 0 aliphatic carbocycles. The normalized spacial score (nSPS) is 11.9. The highest BCUT2D eigenvalue weighted by Crippen LogP contribution is 2.16. The van der Waals surface area contributed by atoms with E-state index < -0.39 is 28.3 Å². The van der Waals surface area contributed by atoms with Gasteiger partial charge in [0.2, 0.25) is 10.0 Å². The number of hydrazone groups is 1. The number of halogens is 2. The van der Waals surface area contributed by atoms with Crippen molar-refractivity contribution in [3.05, 3.63) is 64.4 Å². The molecule has 0 saturated carbocycles. The van der Waals surface area contributed by atoms with Gasteiger partial charge in [0.05, 0.1) is 22.7 Å². The van der Waals surface area contributed by atoms with Crippen LogP contribution in [0.4, 0.5) is 4.39 Å². The number of hydrogen-bond acceptors (Lipinski definition) is 4. The van der Waals surface area contributed by atoms with E-state index in [0.717, 1.165) is 16.1 Å². The molecule has 0 fully saturated rings. The van der Waals surface area contributed by atoms with Gasteiger partial charge in [-0.2, -0.15) is 9.41 Å². The smallest absolute Gasteiger partial charge is 0.255 e. The SMILES string of the molecule is Cc1ccc(S(=O)(=O)N(C)CC(=O)N/N=C\c2c(F)cccc2Cl)cc1. The molecule has 2 rings (SSSR count). The zero-order valence-corrected chi connectivity index (χ0v) is 15.7. The molecule has 0 aliphatic heterocycles. The number of hydrogen-bond donors (Lipinski definition) is 1. The van der Waals surface area contributed by atoms with E-state index >= 15 is 0 Å². The van der Waals surface area contributed by atoms with Crippen LogP contribution in [0.15, 0.2) is 52.5 Å². The Kier molecular flexibility index (Phi) is 6.47. The molecule has 2 aromatic rings. The highest BCUT2D eigenvalue weighted by Gasteiger charge is 2.22. The van der Waals surface area contributed by atoms with Gasteiger partial charge in [-0.3, -0.25) is 4.79 Å². The minimum Gasteiger partial charge on any atom is -0.272 e. The highest BCUT2D eigenvalue weighted by atomic mass is 35.5. The van der Waals surface area contributed by atoms with Crippen molar-refractivity contribution in [2.45, 2.75) is 11.8 Å². The average Bonchev–Trinajstić information content (AvgIpc) is 2.58. The first kappa shape index (κ1) is 20.0. The summed E-state index contributed by atoms with van der Waals surface area (Å²) < 4.78 is 39.3. The Labute approximate surface area is 156 Å². The lowest BCUT2D eigenvalue weighted by Crippen LogP contribution is -2.36. The molecule has 0 aliphatic rings. The van der Waals surface area contributed by atoms with E-state index in [0.29, 0.717) is 0 Å². The van der Waals surface area contributed by atoms with Gasteiger partial charge in [0.15, 0.2) is 0 Å². The standard InChI is InChI=1S/C17H17ClFN3O3S/c1-12-6-8-13(9-7-12)26(24,25)22(2)11-17(23)21-20-10-14-15(18)4-3-5-16(14)19/h3-10H,11H2,1-2H3,(H,21,23)/b20-10-. The molecule has 2 aromatic carbocycles. The molecule has 6 nitrogen and oxygen atoms in total. The van der Waals surface area contributed by atoms with Crippen LogP contribution in [-0.4, -0.2) is 38.4 Å². The maximum Gasteiger partial charge on any atom is 0.255 e. The number of amides is 1. The molecule has 0 atom stereocenters. The van der Waals surface area contributed by atoms with E-state index in [1.54, 1.807) is 12.1 Å². The topological polar surface area (TPSA) is 78.8 Å². The second kappa shape index (κ2) is 8.39. The van der Waals surface area contributed by atoms with Crippen LogP contribution in [-0.2, 0) is 14.8 Å². The van der Waals surface area contributed by atoms with Crippen molar-refractivity contribution in [3.8, 4) is 0 Å². The van der Waals surface area contributed by atoms with Crippen LogP contribution in [0.5, 0.6) is 0 Å². The van der Waals surface area contributed by atoms with Gasteiger partial charge in [-0.05, 0) is 31.2 Å². The fourth-order valence-electron chi connectivity index (χ4n) is 2.02. The van der Waals surface area contributed by atoms with Gasteiger partial charge in [0.1, 0.15) is 5.82 Å². The van der Waals surface area contributed by atoms with Crippen LogP contribution in [0.3, 0.4) is 0 Å². The van der Waals surface area contributed by atoms with Crippen molar-refractivity contribution < 1.29 is 17.6 Å². The predicted molar refractivity (Wildman–Crippen MR) is 98.1 cm³/mol. The maximum atomic E-state index is 13.6. The zero-order valence-electron chi connectivity index (χ0n) is 14.1. The summed E-state index contributed by atoms with van der Waals surface area (Å²) in [7, 11) is -2.52. The lowest BCUT2D eigenvalue weighted by atomic mass is 10.2. The number of rotatable bonds is 6. The van der Waals surface area contributed by atoms with Crippen molar-refractivity contribution in [3.63, 3.8) is 0 Å². The molecule has 0 aromatic heterocycles. The molecule has 0 radical (unpaired) electrons. The minimum absolute atomic E-state index is 0.0232.